The molecule has 3 aliphatic heterocycles. The number of urea groups is 4. The number of sulfonamides is 2. The summed E-state index contributed by atoms with van der Waals surface area (Å²) in [7, 11) is 8.42. The summed E-state index contributed by atoms with van der Waals surface area (Å²) >= 11 is 0. The number of nitrogens with zero attached hydrogens (tertiary/aromatic N) is 5. The van der Waals surface area contributed by atoms with Crippen LogP contribution in [0, 0.1) is 47.3 Å². The van der Waals surface area contributed by atoms with Gasteiger partial charge in [0.2, 0.25) is 20.0 Å². The number of benzene rings is 1. The van der Waals surface area contributed by atoms with Crippen LogP contribution in [0.5, 0.6) is 0 Å². The number of ether oxygens (including phenoxy) is 1. The third-order valence-electron chi connectivity index (χ3n) is 28.7. The van der Waals surface area contributed by atoms with Crippen LogP contribution in [0.4, 0.5) is 19.2 Å². The van der Waals surface area contributed by atoms with Gasteiger partial charge in [-0.05, 0) is 345 Å². The van der Waals surface area contributed by atoms with Gasteiger partial charge in [-0.25, -0.2) is 45.5 Å². The number of carbonyl (C=O) groups is 5. The van der Waals surface area contributed by atoms with Crippen LogP contribution >= 0.6 is 0 Å². The molecule has 3 heterocycles. The third-order valence-corrected chi connectivity index (χ3v) is 30.2. The zero-order valence-corrected chi connectivity index (χ0v) is 90.8. The van der Waals surface area contributed by atoms with E-state index in [1.165, 1.54) is 225 Å². The number of piperidine rings is 2. The van der Waals surface area contributed by atoms with E-state index in [2.05, 4.69) is 173 Å². The summed E-state index contributed by atoms with van der Waals surface area (Å²) in [5, 5.41) is 24.5. The van der Waals surface area contributed by atoms with Gasteiger partial charge in [-0.2, -0.15) is 0 Å². The molecule has 1 aromatic rings. The molecule has 0 aromatic heterocycles. The van der Waals surface area contributed by atoms with Gasteiger partial charge in [0, 0.05) is 120 Å². The Morgan fingerprint density at radius 3 is 1.12 bits per heavy atom. The zero-order chi connectivity index (χ0) is 98.8. The molecular formula is C106H209N15O10S2. The molecule has 9 saturated carbocycles. The minimum Gasteiger partial charge on any atom is -0.381 e. The number of amides is 9. The summed E-state index contributed by atoms with van der Waals surface area (Å²) < 4.78 is 53.3. The van der Waals surface area contributed by atoms with Gasteiger partial charge in [0.15, 0.2) is 0 Å². The summed E-state index contributed by atoms with van der Waals surface area (Å²) in [5.41, 5.74) is 0.765. The lowest BCUT2D eigenvalue weighted by atomic mass is 9.83. The first-order valence-electron chi connectivity index (χ1n) is 54.0. The van der Waals surface area contributed by atoms with Crippen molar-refractivity contribution < 1.29 is 45.5 Å². The van der Waals surface area contributed by atoms with Gasteiger partial charge in [0.05, 0.1) is 12.5 Å². The molecule has 780 valence electrons. The number of rotatable bonds is 20. The predicted octanol–water partition coefficient (Wildman–Crippen LogP) is 20.9. The lowest BCUT2D eigenvalue weighted by Gasteiger charge is -2.34. The van der Waals surface area contributed by atoms with Crippen molar-refractivity contribution in [2.24, 2.45) is 47.3 Å². The average Bonchev–Trinajstić information content (AvgIpc) is 1.29. The molecule has 0 spiro atoms. The fraction of sp³-hybridized carbons (Fsp3) is 0.896. The Balaban J connectivity index is 0.000000494. The Bertz CT molecular complexity index is 3210. The minimum atomic E-state index is -2.99. The maximum Gasteiger partial charge on any atom is 0.319 e. The van der Waals surface area contributed by atoms with Crippen LogP contribution in [0.2, 0.25) is 0 Å². The van der Waals surface area contributed by atoms with Gasteiger partial charge in [-0.3, -0.25) is 4.79 Å². The Kier molecular flexibility index (Phi) is 70.5. The molecule has 3 saturated heterocycles. The largest absolute Gasteiger partial charge is 0.381 e. The highest BCUT2D eigenvalue weighted by Gasteiger charge is 2.30. The molecule has 1 aromatic carbocycles. The monoisotopic (exact) mass is 1920 g/mol. The smallest absolute Gasteiger partial charge is 0.319 e. The standard InChI is InChI=1S/C14H19NO.C12H24N2O.C11H22N2O.C10H20N2O.C9H18N2O.C9H19N.C8H17NO2S.C8H17N.C7H15N.C6H13NO2S.C6H13N.C6H12O/c1-11-7-9-13(10-8-11)15-14(16)12-5-3-2-4-6-12;1-4-10-13(2)12(15)14(3)11-8-6-5-7-9-11;1-3-9-13(2)11(14)12-10-7-5-4-6-8-10;1-2-8-11-10(13)12-9-6-4-3-5-7-9;1-2-7-10-9(12)11-8-5-3-4-6-8;1-8-4-6-9(7-5-8)10(2)3;1-7-3-5-8(6-4-7)9-12(2,10)11;1-7-3-5-8(9-2)6-4-7;1-7-3-5-8(2)6-4-7;1-5-3-6(4-5)7-10(2,8)9;2*1-6-2-4-7-5-3-6/h2-6,11,13H,7-10H2,1H3,(H,15,16);11H,4-10H2,1-3H3;10H,3-9H2,1-2H3,(H,12,14);9H,2-8H2,1H3,(H2,11,12,13);8H,2-7H2,1H3,(H2,10,11,12);8-9H,4-7H2,1-3H3;7-9H,3-6H2,1-2H3;7-9H,3-6H2,1-2H3;7H,3-6H2,1-2H3;5-7H,3-4H2,1-2H3;6-7H,2-5H2,1H3;6H,2-5H2,1H3. The summed E-state index contributed by atoms with van der Waals surface area (Å²) in [6.45, 7) is 36.9. The molecule has 27 heteroatoms. The van der Waals surface area contributed by atoms with E-state index in [4.69, 9.17) is 4.74 Å². The normalized spacial score (nSPS) is 25.0. The molecule has 0 bridgehead atoms. The van der Waals surface area contributed by atoms with E-state index in [0.29, 0.717) is 36.1 Å². The summed E-state index contributed by atoms with van der Waals surface area (Å²) in [6, 6.07) is 14.0. The van der Waals surface area contributed by atoms with Crippen LogP contribution in [0.25, 0.3) is 0 Å². The van der Waals surface area contributed by atoms with E-state index in [-0.39, 0.29) is 42.1 Å². The molecule has 12 aliphatic rings. The molecule has 0 radical (unpaired) electrons. The van der Waals surface area contributed by atoms with E-state index in [1.807, 2.05) is 61.3 Å². The van der Waals surface area contributed by atoms with E-state index in [0.717, 1.165) is 214 Å². The van der Waals surface area contributed by atoms with E-state index >= 15 is 0 Å². The van der Waals surface area contributed by atoms with Crippen LogP contribution < -0.4 is 52.0 Å². The molecule has 9 amide bonds. The second kappa shape index (κ2) is 75.3. The number of hydrogen-bond acceptors (Lipinski definition) is 14. The molecular weight excluding hydrogens is 1710 g/mol. The van der Waals surface area contributed by atoms with Gasteiger partial charge in [0.25, 0.3) is 5.91 Å². The molecule has 13 rings (SSSR count). The van der Waals surface area contributed by atoms with Crippen molar-refractivity contribution >= 4 is 50.1 Å². The third kappa shape index (κ3) is 65.9. The molecule has 0 atom stereocenters. The number of carbonyl (C=O) groups excluding carboxylic acids is 5. The highest BCUT2D eigenvalue weighted by molar-refractivity contribution is 7.89. The summed E-state index contributed by atoms with van der Waals surface area (Å²) in [6.07, 6.45) is 60.3. The van der Waals surface area contributed by atoms with Crippen molar-refractivity contribution in [3.05, 3.63) is 35.9 Å². The van der Waals surface area contributed by atoms with Gasteiger partial charge in [-0.1, -0.05) is 172 Å². The first kappa shape index (κ1) is 124. The predicted molar refractivity (Wildman–Crippen MR) is 561 cm³/mol. The number of hydrogen-bond donors (Lipinski definition) is 10. The van der Waals surface area contributed by atoms with Crippen LogP contribution in [0.3, 0.4) is 0 Å². The van der Waals surface area contributed by atoms with E-state index in [9.17, 15) is 40.8 Å². The molecule has 10 N–H and O–H groups in total. The lowest BCUT2D eigenvalue weighted by Crippen LogP contribution is -2.45. The molecule has 12 fully saturated rings. The zero-order valence-electron chi connectivity index (χ0n) is 89.1. The summed E-state index contributed by atoms with van der Waals surface area (Å²) in [4.78, 5) is 68.2. The maximum atomic E-state index is 12.0. The van der Waals surface area contributed by atoms with Gasteiger partial charge >= 0.3 is 24.1 Å². The molecule has 25 nitrogen and oxygen atoms in total. The van der Waals surface area contributed by atoms with Gasteiger partial charge in [-0.15, -0.1) is 0 Å². The van der Waals surface area contributed by atoms with Crippen molar-refractivity contribution in [1.29, 1.82) is 0 Å². The molecule has 0 unspecified atom stereocenters. The first-order chi connectivity index (χ1) is 63.3. The highest BCUT2D eigenvalue weighted by atomic mass is 32.2. The highest BCUT2D eigenvalue weighted by Crippen LogP contribution is 2.30. The van der Waals surface area contributed by atoms with Gasteiger partial charge in [0.1, 0.15) is 0 Å². The van der Waals surface area contributed by atoms with Crippen molar-refractivity contribution in [2.75, 3.05) is 127 Å². The minimum absolute atomic E-state index is 0.00347. The Labute approximate surface area is 817 Å². The van der Waals surface area contributed by atoms with Crippen molar-refractivity contribution in [2.45, 2.75) is 439 Å². The van der Waals surface area contributed by atoms with Crippen LogP contribution in [-0.2, 0) is 24.8 Å². The maximum absolute atomic E-state index is 12.0. The number of likely N-dealkylation sites (tertiary alicyclic amines) is 1. The molecule has 133 heavy (non-hydrogen) atoms. The fourth-order valence-electron chi connectivity index (χ4n) is 19.0. The lowest BCUT2D eigenvalue weighted by molar-refractivity contribution is 0.0715. The summed E-state index contributed by atoms with van der Waals surface area (Å²) in [5.74, 6) is 7.18. The van der Waals surface area contributed by atoms with E-state index in [1.54, 1.807) is 4.90 Å². The van der Waals surface area contributed by atoms with Crippen molar-refractivity contribution in [1.82, 2.24) is 76.5 Å². The second-order valence-corrected chi connectivity index (χ2v) is 46.1. The SMILES string of the molecule is CC1CC(NS(C)(=O)=O)C1.CC1CCC(N(C)C)CC1.CC1CCC(NC(=O)c2ccccc2)CC1.CC1CCC(NS(C)(=O)=O)CC1.CC1CCN(C)CC1.CC1CCNCC1.CC1CCOCC1.CCCN(C)C(=O)N(C)C1CCCCC1.CCCN(C)C(=O)NC1CCCCC1.CCCNC(=O)NC1CCCC1.CCCNC(=O)NC1CCCCC1.CNC1CCC(C)CC1. The van der Waals surface area contributed by atoms with Crippen LogP contribution in [-0.4, -0.2) is 253 Å². The Morgan fingerprint density at radius 1 is 0.391 bits per heavy atom. The van der Waals surface area contributed by atoms with Crippen molar-refractivity contribution in [3.63, 3.8) is 0 Å². The van der Waals surface area contributed by atoms with Gasteiger partial charge < -0.3 is 71.8 Å². The molecule has 9 aliphatic carbocycles. The van der Waals surface area contributed by atoms with E-state index < -0.39 is 20.0 Å². The van der Waals surface area contributed by atoms with Crippen LogP contribution in [0.15, 0.2) is 30.3 Å². The fourth-order valence-corrected chi connectivity index (χ4v) is 20.7. The Hall–Kier alpha value is -4.61. The first-order valence-corrected chi connectivity index (χ1v) is 57.8. The van der Waals surface area contributed by atoms with Crippen LogP contribution in [0.1, 0.15) is 395 Å². The second-order valence-electron chi connectivity index (χ2n) is 42.6. The average molecular weight is 1920 g/mol. The quantitative estimate of drug-likeness (QED) is 0.0581. The van der Waals surface area contributed by atoms with Crippen molar-refractivity contribution in [3.8, 4) is 0 Å². The topological polar surface area (TPSA) is 299 Å². The number of nitrogens with one attached hydrogen (secondary N) is 10. The Morgan fingerprint density at radius 2 is 0.752 bits per heavy atom.